The average Bonchev–Trinajstić information content (AvgIpc) is 3.02. The molecule has 0 aromatic heterocycles. The number of carbonyl (C=O) groups excluding carboxylic acids is 3. The van der Waals surface area contributed by atoms with Gasteiger partial charge in [0.15, 0.2) is 6.61 Å². The fourth-order valence-corrected chi connectivity index (χ4v) is 5.09. The van der Waals surface area contributed by atoms with Gasteiger partial charge in [-0.25, -0.2) is 4.79 Å². The van der Waals surface area contributed by atoms with Gasteiger partial charge in [-0.15, -0.1) is 0 Å². The predicted molar refractivity (Wildman–Crippen MR) is 184 cm³/mol. The molecule has 0 aliphatic rings. The van der Waals surface area contributed by atoms with Crippen LogP contribution in [0.2, 0.25) is 0 Å². The molecular formula is C38H69NO5. The van der Waals surface area contributed by atoms with Crippen LogP contribution in [0.15, 0.2) is 24.3 Å². The molecule has 0 heterocycles. The summed E-state index contributed by atoms with van der Waals surface area (Å²) >= 11 is 0. The Labute approximate surface area is 271 Å². The summed E-state index contributed by atoms with van der Waals surface area (Å²) in [6.07, 6.45) is 41.0. The number of esters is 1. The zero-order chi connectivity index (χ0) is 32.2. The van der Waals surface area contributed by atoms with Gasteiger partial charge in [0.2, 0.25) is 0 Å². The van der Waals surface area contributed by atoms with Crippen molar-refractivity contribution in [1.29, 1.82) is 0 Å². The zero-order valence-corrected chi connectivity index (χ0v) is 28.9. The molecule has 6 heteroatoms. The van der Waals surface area contributed by atoms with E-state index in [1.807, 2.05) is 0 Å². The molecule has 0 unspecified atom stereocenters. The van der Waals surface area contributed by atoms with Gasteiger partial charge >= 0.3 is 11.9 Å². The van der Waals surface area contributed by atoms with Gasteiger partial charge in [-0.1, -0.05) is 141 Å². The van der Waals surface area contributed by atoms with Crippen molar-refractivity contribution in [3.8, 4) is 0 Å². The lowest BCUT2D eigenvalue weighted by atomic mass is 10.1. The minimum absolute atomic E-state index is 0.272. The second-order valence-corrected chi connectivity index (χ2v) is 12.3. The Kier molecular flexibility index (Phi) is 33.7. The Morgan fingerprint density at radius 2 is 0.795 bits per heavy atom. The Morgan fingerprint density at radius 1 is 0.455 bits per heavy atom. The molecule has 44 heavy (non-hydrogen) atoms. The van der Waals surface area contributed by atoms with Crippen LogP contribution in [0.1, 0.15) is 194 Å². The molecule has 0 aliphatic carbocycles. The number of amides is 1. The number of allylic oxidation sites excluding steroid dienone is 4. The SMILES string of the molecule is CCCCCCCC/C=C\CCCCCCCC(=O)OCC(=O)NOC(=O)CCCCCCC/C=C\CCCCCCCC. The zero-order valence-electron chi connectivity index (χ0n) is 28.9. The first kappa shape index (κ1) is 41.9. The van der Waals surface area contributed by atoms with Crippen LogP contribution >= 0.6 is 0 Å². The van der Waals surface area contributed by atoms with Crippen LogP contribution in [0.25, 0.3) is 0 Å². The lowest BCUT2D eigenvalue weighted by Gasteiger charge is -2.07. The quantitative estimate of drug-likeness (QED) is 0.0350. The standard InChI is InChI=1S/C38H69NO5/c1-3-5-7-9-11-13-15-17-19-21-23-25-27-29-31-33-37(41)43-35-36(40)39-44-38(42)34-32-30-28-26-24-22-20-18-16-14-12-10-8-6-4-2/h17-20H,3-16,21-35H2,1-2H3,(H,39,40)/b19-17-,20-18-. The molecule has 0 spiro atoms. The number of hydrogen-bond donors (Lipinski definition) is 1. The number of carbonyl (C=O) groups is 3. The first-order valence-electron chi connectivity index (χ1n) is 18.5. The molecule has 0 fully saturated rings. The van der Waals surface area contributed by atoms with Crippen LogP contribution in [0.3, 0.4) is 0 Å². The lowest BCUT2D eigenvalue weighted by molar-refractivity contribution is -0.162. The molecule has 0 rings (SSSR count). The van der Waals surface area contributed by atoms with Crippen molar-refractivity contribution in [3.05, 3.63) is 24.3 Å². The number of ether oxygens (including phenoxy) is 1. The summed E-state index contributed by atoms with van der Waals surface area (Å²) in [6.45, 7) is 4.08. The van der Waals surface area contributed by atoms with Crippen LogP contribution in [0.5, 0.6) is 0 Å². The highest BCUT2D eigenvalue weighted by atomic mass is 16.7. The van der Waals surface area contributed by atoms with Crippen LogP contribution in [0, 0.1) is 0 Å². The molecular weight excluding hydrogens is 550 g/mol. The molecule has 1 N–H and O–H groups in total. The molecule has 1 amide bonds. The van der Waals surface area contributed by atoms with Gasteiger partial charge in [0, 0.05) is 12.8 Å². The molecule has 0 saturated heterocycles. The van der Waals surface area contributed by atoms with Gasteiger partial charge in [-0.05, 0) is 64.2 Å². The average molecular weight is 620 g/mol. The Hall–Kier alpha value is -2.11. The number of unbranched alkanes of at least 4 members (excludes halogenated alkanes) is 22. The van der Waals surface area contributed by atoms with Gasteiger partial charge in [-0.3, -0.25) is 9.59 Å². The van der Waals surface area contributed by atoms with Crippen LogP contribution in [-0.2, 0) is 24.0 Å². The van der Waals surface area contributed by atoms with Crippen LogP contribution in [-0.4, -0.2) is 24.5 Å². The van der Waals surface area contributed by atoms with Gasteiger partial charge < -0.3 is 9.57 Å². The monoisotopic (exact) mass is 620 g/mol. The van der Waals surface area contributed by atoms with Crippen molar-refractivity contribution < 1.29 is 24.0 Å². The van der Waals surface area contributed by atoms with E-state index in [-0.39, 0.29) is 6.42 Å². The maximum absolute atomic E-state index is 11.9. The first-order valence-corrected chi connectivity index (χ1v) is 18.5. The summed E-state index contributed by atoms with van der Waals surface area (Å²) in [4.78, 5) is 40.3. The normalized spacial score (nSPS) is 11.4. The fraction of sp³-hybridized carbons (Fsp3) is 0.816. The van der Waals surface area contributed by atoms with Crippen molar-refractivity contribution in [1.82, 2.24) is 5.48 Å². The molecule has 0 saturated carbocycles. The fourth-order valence-electron chi connectivity index (χ4n) is 5.09. The molecule has 0 aromatic carbocycles. The smallest absolute Gasteiger partial charge is 0.332 e. The summed E-state index contributed by atoms with van der Waals surface area (Å²) in [6, 6.07) is 0. The third-order valence-electron chi connectivity index (χ3n) is 7.93. The van der Waals surface area contributed by atoms with E-state index >= 15 is 0 Å². The molecule has 6 nitrogen and oxygen atoms in total. The van der Waals surface area contributed by atoms with Crippen molar-refractivity contribution in [2.45, 2.75) is 194 Å². The summed E-state index contributed by atoms with van der Waals surface area (Å²) in [7, 11) is 0. The van der Waals surface area contributed by atoms with Crippen molar-refractivity contribution in [3.63, 3.8) is 0 Å². The summed E-state index contributed by atoms with van der Waals surface area (Å²) in [5, 5.41) is 0. The van der Waals surface area contributed by atoms with Crippen LogP contribution < -0.4 is 5.48 Å². The Morgan fingerprint density at radius 3 is 1.20 bits per heavy atom. The van der Waals surface area contributed by atoms with Gasteiger partial charge in [0.05, 0.1) is 0 Å². The second kappa shape index (κ2) is 35.4. The molecule has 0 aromatic rings. The number of nitrogens with one attached hydrogen (secondary N) is 1. The molecule has 256 valence electrons. The van der Waals surface area contributed by atoms with Crippen molar-refractivity contribution in [2.24, 2.45) is 0 Å². The van der Waals surface area contributed by atoms with E-state index in [1.165, 1.54) is 109 Å². The Bertz CT molecular complexity index is 660. The predicted octanol–water partition coefficient (Wildman–Crippen LogP) is 11.2. The van der Waals surface area contributed by atoms with E-state index in [9.17, 15) is 14.4 Å². The second-order valence-electron chi connectivity index (χ2n) is 12.3. The van der Waals surface area contributed by atoms with Crippen molar-refractivity contribution >= 4 is 17.8 Å². The number of hydrogen-bond acceptors (Lipinski definition) is 5. The van der Waals surface area contributed by atoms with E-state index in [1.54, 1.807) is 0 Å². The van der Waals surface area contributed by atoms with Crippen LogP contribution in [0.4, 0.5) is 0 Å². The summed E-state index contributed by atoms with van der Waals surface area (Å²) < 4.78 is 4.99. The highest BCUT2D eigenvalue weighted by Gasteiger charge is 2.10. The van der Waals surface area contributed by atoms with E-state index in [0.29, 0.717) is 6.42 Å². The lowest BCUT2D eigenvalue weighted by Crippen LogP contribution is -2.31. The van der Waals surface area contributed by atoms with Gasteiger partial charge in [0.25, 0.3) is 5.91 Å². The van der Waals surface area contributed by atoms with Crippen molar-refractivity contribution in [2.75, 3.05) is 6.61 Å². The van der Waals surface area contributed by atoms with Gasteiger partial charge in [0.1, 0.15) is 0 Å². The summed E-state index contributed by atoms with van der Waals surface area (Å²) in [5.41, 5.74) is 2.08. The topological polar surface area (TPSA) is 81.7 Å². The minimum Gasteiger partial charge on any atom is -0.455 e. The van der Waals surface area contributed by atoms with Gasteiger partial charge in [-0.2, -0.15) is 5.48 Å². The highest BCUT2D eigenvalue weighted by molar-refractivity contribution is 5.81. The third kappa shape index (κ3) is 34.4. The summed E-state index contributed by atoms with van der Waals surface area (Å²) in [5.74, 6) is -1.48. The van der Waals surface area contributed by atoms with E-state index in [2.05, 4.69) is 43.6 Å². The maximum Gasteiger partial charge on any atom is 0.332 e. The first-order chi connectivity index (χ1) is 21.6. The van der Waals surface area contributed by atoms with E-state index in [0.717, 1.165) is 57.8 Å². The van der Waals surface area contributed by atoms with E-state index < -0.39 is 24.5 Å². The maximum atomic E-state index is 11.9. The van der Waals surface area contributed by atoms with E-state index in [4.69, 9.17) is 9.57 Å². The molecule has 0 atom stereocenters. The number of rotatable bonds is 32. The molecule has 0 aliphatic heterocycles. The number of hydroxylamine groups is 1. The minimum atomic E-state index is -0.624. The largest absolute Gasteiger partial charge is 0.455 e. The molecule has 0 bridgehead atoms. The third-order valence-corrected chi connectivity index (χ3v) is 7.93. The molecule has 0 radical (unpaired) electrons. The highest BCUT2D eigenvalue weighted by Crippen LogP contribution is 2.12. The Balaban J connectivity index is 3.46.